The first kappa shape index (κ1) is 33.0. The number of fused-ring (bicyclic) bond motifs is 6. The van der Waals surface area contributed by atoms with E-state index in [-0.39, 0.29) is 0 Å². The number of para-hydroxylation sites is 2. The van der Waals surface area contributed by atoms with Crippen molar-refractivity contribution in [2.24, 2.45) is 0 Å². The second-order valence-corrected chi connectivity index (χ2v) is 15.3. The lowest BCUT2D eigenvalue weighted by Crippen LogP contribution is -2.09. The van der Waals surface area contributed by atoms with Gasteiger partial charge in [-0.25, -0.2) is 9.97 Å². The average molecular weight is 748 g/mol. The molecule has 0 aliphatic heterocycles. The number of rotatable bonds is 7. The lowest BCUT2D eigenvalue weighted by Gasteiger charge is -2.26. The maximum absolute atomic E-state index is 6.58. The van der Waals surface area contributed by atoms with E-state index < -0.39 is 0 Å². The summed E-state index contributed by atoms with van der Waals surface area (Å²) in [6.45, 7) is 0. The fourth-order valence-corrected chi connectivity index (χ4v) is 9.05. The normalized spacial score (nSPS) is 11.5. The molecule has 268 valence electrons. The van der Waals surface area contributed by atoms with Crippen molar-refractivity contribution >= 4 is 70.5 Å². The molecule has 0 fully saturated rings. The first-order chi connectivity index (χ1) is 28.2. The second-order valence-electron chi connectivity index (χ2n) is 14.2. The van der Waals surface area contributed by atoms with Gasteiger partial charge in [0.15, 0.2) is 5.82 Å². The summed E-state index contributed by atoms with van der Waals surface area (Å²) in [5.41, 5.74) is 11.7. The molecule has 0 unspecified atom stereocenters. The molecule has 3 aromatic heterocycles. The van der Waals surface area contributed by atoms with Crippen LogP contribution in [0.5, 0.6) is 0 Å². The Labute approximate surface area is 333 Å². The zero-order valence-electron chi connectivity index (χ0n) is 30.7. The highest BCUT2D eigenvalue weighted by Crippen LogP contribution is 2.43. The molecule has 4 nitrogen and oxygen atoms in total. The molecule has 3 heterocycles. The molecule has 0 atom stereocenters. The summed E-state index contributed by atoms with van der Waals surface area (Å²) in [4.78, 5) is 12.8. The number of benzene rings is 8. The van der Waals surface area contributed by atoms with E-state index >= 15 is 0 Å². The minimum atomic E-state index is 0.650. The van der Waals surface area contributed by atoms with Crippen LogP contribution >= 0.6 is 11.3 Å². The Kier molecular flexibility index (Phi) is 7.97. The Morgan fingerprint density at radius 1 is 0.386 bits per heavy atom. The molecular formula is C52H33N3OS. The highest BCUT2D eigenvalue weighted by atomic mass is 32.1. The largest absolute Gasteiger partial charge is 0.456 e. The molecule has 0 spiro atoms. The Balaban J connectivity index is 1.07. The number of furan rings is 1. The van der Waals surface area contributed by atoms with Gasteiger partial charge in [0.25, 0.3) is 0 Å². The van der Waals surface area contributed by atoms with Gasteiger partial charge in [0, 0.05) is 64.7 Å². The van der Waals surface area contributed by atoms with Crippen molar-refractivity contribution in [3.05, 3.63) is 200 Å². The van der Waals surface area contributed by atoms with Gasteiger partial charge in [-0.1, -0.05) is 127 Å². The summed E-state index contributed by atoms with van der Waals surface area (Å²) >= 11 is 1.84. The highest BCUT2D eigenvalue weighted by Gasteiger charge is 2.20. The third kappa shape index (κ3) is 5.93. The maximum atomic E-state index is 6.58. The number of anilines is 3. The summed E-state index contributed by atoms with van der Waals surface area (Å²) in [6, 6.07) is 70.2. The number of hydrogen-bond acceptors (Lipinski definition) is 5. The Hall–Kier alpha value is -7.34. The first-order valence-electron chi connectivity index (χ1n) is 19.1. The summed E-state index contributed by atoms with van der Waals surface area (Å²) in [6.07, 6.45) is 0. The molecule has 0 saturated heterocycles. The monoisotopic (exact) mass is 747 g/mol. The molecule has 0 bridgehead atoms. The van der Waals surface area contributed by atoms with Gasteiger partial charge in [0.2, 0.25) is 0 Å². The van der Waals surface area contributed by atoms with Crippen molar-refractivity contribution in [3.63, 3.8) is 0 Å². The summed E-state index contributed by atoms with van der Waals surface area (Å²) in [5, 5.41) is 4.59. The van der Waals surface area contributed by atoms with E-state index in [1.165, 1.54) is 20.2 Å². The van der Waals surface area contributed by atoms with E-state index in [1.807, 2.05) is 59.9 Å². The SMILES string of the molecule is c1ccc(-c2cc(-c3ccccc3)nc(-c3cc(-c4ccc(N(c5ccccc5)c5ccc6sc7ccccc7c6c5)cc4)cc4oc5ccccc5c34)n2)cc1. The quantitative estimate of drug-likeness (QED) is 0.163. The van der Waals surface area contributed by atoms with Crippen LogP contribution in [-0.4, -0.2) is 9.97 Å². The zero-order chi connectivity index (χ0) is 37.7. The lowest BCUT2D eigenvalue weighted by atomic mass is 9.97. The van der Waals surface area contributed by atoms with Gasteiger partial charge >= 0.3 is 0 Å². The average Bonchev–Trinajstić information content (AvgIpc) is 3.85. The van der Waals surface area contributed by atoms with Crippen LogP contribution in [0.4, 0.5) is 17.1 Å². The molecule has 0 N–H and O–H groups in total. The minimum Gasteiger partial charge on any atom is -0.456 e. The van der Waals surface area contributed by atoms with Crippen molar-refractivity contribution in [2.75, 3.05) is 4.90 Å². The van der Waals surface area contributed by atoms with Gasteiger partial charge in [-0.05, 0) is 83.9 Å². The Morgan fingerprint density at radius 3 is 1.68 bits per heavy atom. The van der Waals surface area contributed by atoms with Gasteiger partial charge in [-0.15, -0.1) is 11.3 Å². The predicted molar refractivity (Wildman–Crippen MR) is 239 cm³/mol. The van der Waals surface area contributed by atoms with Gasteiger partial charge in [-0.2, -0.15) is 0 Å². The third-order valence-electron chi connectivity index (χ3n) is 10.7. The van der Waals surface area contributed by atoms with E-state index in [0.717, 1.165) is 78.2 Å². The Morgan fingerprint density at radius 2 is 0.965 bits per heavy atom. The van der Waals surface area contributed by atoms with Crippen molar-refractivity contribution in [1.82, 2.24) is 9.97 Å². The molecule has 8 aromatic carbocycles. The lowest BCUT2D eigenvalue weighted by molar-refractivity contribution is 0.669. The molecular weight excluding hydrogens is 715 g/mol. The summed E-state index contributed by atoms with van der Waals surface area (Å²) in [5.74, 6) is 0.650. The zero-order valence-corrected chi connectivity index (χ0v) is 31.5. The van der Waals surface area contributed by atoms with Gasteiger partial charge in [0.1, 0.15) is 11.2 Å². The van der Waals surface area contributed by atoms with Crippen LogP contribution in [0.25, 0.3) is 87.1 Å². The van der Waals surface area contributed by atoms with E-state index in [9.17, 15) is 0 Å². The number of hydrogen-bond donors (Lipinski definition) is 0. The fourth-order valence-electron chi connectivity index (χ4n) is 7.96. The van der Waals surface area contributed by atoms with Crippen LogP contribution in [0, 0.1) is 0 Å². The molecule has 0 aliphatic rings. The van der Waals surface area contributed by atoms with Crippen LogP contribution < -0.4 is 4.90 Å². The first-order valence-corrected chi connectivity index (χ1v) is 19.9. The van der Waals surface area contributed by atoms with Gasteiger partial charge in [0.05, 0.1) is 11.4 Å². The van der Waals surface area contributed by atoms with Gasteiger partial charge in [-0.3, -0.25) is 0 Å². The molecule has 0 radical (unpaired) electrons. The molecule has 0 aliphatic carbocycles. The van der Waals surface area contributed by atoms with Crippen molar-refractivity contribution in [2.45, 2.75) is 0 Å². The van der Waals surface area contributed by atoms with Crippen molar-refractivity contribution in [3.8, 4) is 45.0 Å². The predicted octanol–water partition coefficient (Wildman–Crippen LogP) is 14.9. The van der Waals surface area contributed by atoms with E-state index in [4.69, 9.17) is 14.4 Å². The smallest absolute Gasteiger partial charge is 0.161 e. The fraction of sp³-hybridized carbons (Fsp3) is 0. The third-order valence-corrected chi connectivity index (χ3v) is 11.8. The molecule has 0 amide bonds. The van der Waals surface area contributed by atoms with Crippen LogP contribution in [-0.2, 0) is 0 Å². The van der Waals surface area contributed by atoms with Crippen LogP contribution in [0.15, 0.2) is 205 Å². The van der Waals surface area contributed by atoms with Crippen molar-refractivity contribution in [1.29, 1.82) is 0 Å². The topological polar surface area (TPSA) is 42.2 Å². The molecule has 5 heteroatoms. The second kappa shape index (κ2) is 13.7. The number of thiophene rings is 1. The molecule has 0 saturated carbocycles. The van der Waals surface area contributed by atoms with E-state index in [1.54, 1.807) is 0 Å². The van der Waals surface area contributed by atoms with Crippen LogP contribution in [0.1, 0.15) is 0 Å². The van der Waals surface area contributed by atoms with E-state index in [0.29, 0.717) is 5.82 Å². The summed E-state index contributed by atoms with van der Waals surface area (Å²) in [7, 11) is 0. The highest BCUT2D eigenvalue weighted by molar-refractivity contribution is 7.25. The molecule has 57 heavy (non-hydrogen) atoms. The van der Waals surface area contributed by atoms with Gasteiger partial charge < -0.3 is 9.32 Å². The number of aromatic nitrogens is 2. The maximum Gasteiger partial charge on any atom is 0.161 e. The molecule has 11 rings (SSSR count). The van der Waals surface area contributed by atoms with Crippen molar-refractivity contribution < 1.29 is 4.42 Å². The minimum absolute atomic E-state index is 0.650. The summed E-state index contributed by atoms with van der Waals surface area (Å²) < 4.78 is 9.17. The molecule has 11 aromatic rings. The standard InChI is InChI=1S/C52H33N3OS/c1-4-14-35(15-5-1)45-33-46(36-16-6-2-7-17-36)54-52(53-45)44-30-37(31-48-51(44)42-21-10-12-22-47(42)56-48)34-24-26-39(27-25-34)55(38-18-8-3-9-19-38)40-28-29-50-43(32-40)41-20-11-13-23-49(41)57-50/h1-33H. The van der Waals surface area contributed by atoms with Crippen LogP contribution in [0.2, 0.25) is 0 Å². The Bertz CT molecular complexity index is 3170. The van der Waals surface area contributed by atoms with Crippen LogP contribution in [0.3, 0.4) is 0 Å². The number of nitrogens with zero attached hydrogens (tertiary/aromatic N) is 3. The van der Waals surface area contributed by atoms with E-state index in [2.05, 4.69) is 157 Å².